The van der Waals surface area contributed by atoms with Gasteiger partial charge in [0.25, 0.3) is 5.56 Å². The summed E-state index contributed by atoms with van der Waals surface area (Å²) in [6, 6.07) is 8.84. The van der Waals surface area contributed by atoms with E-state index in [1.54, 1.807) is 30.0 Å². The number of hydrogen-bond donors (Lipinski definition) is 1. The van der Waals surface area contributed by atoms with E-state index in [9.17, 15) is 9.59 Å². The maximum atomic E-state index is 11.9. The Bertz CT molecular complexity index is 786. The Morgan fingerprint density at radius 2 is 1.85 bits per heavy atom. The molecule has 0 aliphatic heterocycles. The quantitative estimate of drug-likeness (QED) is 0.411. The average molecular weight is 393 g/mol. The van der Waals surface area contributed by atoms with Gasteiger partial charge in [-0.3, -0.25) is 4.79 Å². The van der Waals surface area contributed by atoms with Gasteiger partial charge in [-0.25, -0.2) is 9.78 Å². The van der Waals surface area contributed by atoms with Gasteiger partial charge in [0.2, 0.25) is 0 Å². The Morgan fingerprint density at radius 1 is 1.15 bits per heavy atom. The van der Waals surface area contributed by atoms with E-state index < -0.39 is 0 Å². The summed E-state index contributed by atoms with van der Waals surface area (Å²) < 4.78 is 5.18. The number of hydrogen-bond acceptors (Lipinski definition) is 6. The Morgan fingerprint density at radius 3 is 2.46 bits per heavy atom. The van der Waals surface area contributed by atoms with Crippen molar-refractivity contribution in [2.75, 3.05) is 0 Å². The monoisotopic (exact) mass is 392 g/mol. The van der Waals surface area contributed by atoms with Crippen LogP contribution in [0.25, 0.3) is 0 Å². The Hall–Kier alpha value is -1.73. The summed E-state index contributed by atoms with van der Waals surface area (Å²) in [7, 11) is 0. The summed E-state index contributed by atoms with van der Waals surface area (Å²) in [5.41, 5.74) is 2.24. The van der Waals surface area contributed by atoms with Crippen molar-refractivity contribution < 1.29 is 9.53 Å². The SMILES string of the molecule is CC(C)OC(=O)c1ccc(CSc2nc(CSC(C)C)cc(=O)[nH]2)cc1. The smallest absolute Gasteiger partial charge is 0.338 e. The van der Waals surface area contributed by atoms with E-state index in [0.717, 1.165) is 17.0 Å². The molecule has 1 heterocycles. The van der Waals surface area contributed by atoms with E-state index in [1.807, 2.05) is 26.0 Å². The van der Waals surface area contributed by atoms with E-state index >= 15 is 0 Å². The number of ether oxygens (including phenoxy) is 1. The zero-order valence-corrected chi connectivity index (χ0v) is 17.1. The van der Waals surface area contributed by atoms with E-state index in [-0.39, 0.29) is 17.6 Å². The molecule has 1 aromatic carbocycles. The summed E-state index contributed by atoms with van der Waals surface area (Å²) in [5, 5.41) is 1.10. The third-order valence-electron chi connectivity index (χ3n) is 3.25. The second kappa shape index (κ2) is 9.83. The zero-order valence-electron chi connectivity index (χ0n) is 15.4. The molecular formula is C19H24N2O3S2. The molecule has 140 valence electrons. The number of H-pyrrole nitrogens is 1. The minimum absolute atomic E-state index is 0.131. The lowest BCUT2D eigenvalue weighted by molar-refractivity contribution is 0.0378. The van der Waals surface area contributed by atoms with Crippen LogP contribution in [0.5, 0.6) is 0 Å². The number of carbonyl (C=O) groups is 1. The number of nitrogens with zero attached hydrogens (tertiary/aromatic N) is 1. The van der Waals surface area contributed by atoms with E-state index in [4.69, 9.17) is 4.74 Å². The molecule has 5 nitrogen and oxygen atoms in total. The molecular weight excluding hydrogens is 368 g/mol. The third-order valence-corrected chi connectivity index (χ3v) is 5.32. The average Bonchev–Trinajstić information content (AvgIpc) is 2.57. The summed E-state index contributed by atoms with van der Waals surface area (Å²) in [4.78, 5) is 30.9. The molecule has 1 N–H and O–H groups in total. The van der Waals surface area contributed by atoms with Crippen LogP contribution >= 0.6 is 23.5 Å². The van der Waals surface area contributed by atoms with Crippen molar-refractivity contribution in [3.63, 3.8) is 0 Å². The third kappa shape index (κ3) is 6.88. The molecule has 26 heavy (non-hydrogen) atoms. The highest BCUT2D eigenvalue weighted by Crippen LogP contribution is 2.21. The van der Waals surface area contributed by atoms with Gasteiger partial charge < -0.3 is 9.72 Å². The van der Waals surface area contributed by atoms with Crippen LogP contribution in [-0.2, 0) is 16.2 Å². The van der Waals surface area contributed by atoms with Crippen LogP contribution in [0.15, 0.2) is 40.3 Å². The maximum absolute atomic E-state index is 11.9. The molecule has 2 aromatic rings. The maximum Gasteiger partial charge on any atom is 0.338 e. The van der Waals surface area contributed by atoms with E-state index in [2.05, 4.69) is 23.8 Å². The fourth-order valence-electron chi connectivity index (χ4n) is 2.05. The summed E-state index contributed by atoms with van der Waals surface area (Å²) >= 11 is 3.23. The van der Waals surface area contributed by atoms with Gasteiger partial charge in [0.15, 0.2) is 5.16 Å². The lowest BCUT2D eigenvalue weighted by Gasteiger charge is -2.08. The molecule has 0 saturated heterocycles. The number of aromatic amines is 1. The van der Waals surface area contributed by atoms with Gasteiger partial charge in [-0.1, -0.05) is 37.7 Å². The molecule has 2 rings (SSSR count). The largest absolute Gasteiger partial charge is 0.459 e. The van der Waals surface area contributed by atoms with Crippen LogP contribution in [0.4, 0.5) is 0 Å². The number of benzene rings is 1. The topological polar surface area (TPSA) is 72.0 Å². The lowest BCUT2D eigenvalue weighted by atomic mass is 10.1. The number of carbonyl (C=O) groups excluding carboxylic acids is 1. The first-order valence-corrected chi connectivity index (χ1v) is 10.5. The predicted octanol–water partition coefficient (Wildman–Crippen LogP) is 4.27. The first-order chi connectivity index (χ1) is 12.3. The molecule has 0 spiro atoms. The molecule has 0 radical (unpaired) electrons. The van der Waals surface area contributed by atoms with Gasteiger partial charge in [0, 0.05) is 17.6 Å². The Labute approximate surface area is 162 Å². The van der Waals surface area contributed by atoms with Gasteiger partial charge in [-0.2, -0.15) is 11.8 Å². The molecule has 0 amide bonds. The standard InChI is InChI=1S/C19H24N2O3S2/c1-12(2)24-18(23)15-7-5-14(6-8-15)10-26-19-20-16(9-17(22)21-19)11-25-13(3)4/h5-9,12-13H,10-11H2,1-4H3,(H,20,21,22). The normalized spacial score (nSPS) is 11.2. The van der Waals surface area contributed by atoms with Crippen molar-refractivity contribution >= 4 is 29.5 Å². The molecule has 0 bridgehead atoms. The molecule has 0 saturated carbocycles. The van der Waals surface area contributed by atoms with Crippen LogP contribution in [0.2, 0.25) is 0 Å². The number of esters is 1. The first-order valence-electron chi connectivity index (χ1n) is 8.48. The fourth-order valence-corrected chi connectivity index (χ4v) is 3.55. The predicted molar refractivity (Wildman–Crippen MR) is 108 cm³/mol. The first kappa shape index (κ1) is 20.6. The number of rotatable bonds is 8. The van der Waals surface area contributed by atoms with Crippen molar-refractivity contribution in [3.05, 3.63) is 57.5 Å². The van der Waals surface area contributed by atoms with Crippen LogP contribution < -0.4 is 5.56 Å². The van der Waals surface area contributed by atoms with Gasteiger partial charge >= 0.3 is 5.97 Å². The van der Waals surface area contributed by atoms with Crippen molar-refractivity contribution in [2.45, 2.75) is 55.7 Å². The molecule has 1 aromatic heterocycles. The molecule has 0 aliphatic rings. The molecule has 0 atom stereocenters. The number of thioether (sulfide) groups is 2. The van der Waals surface area contributed by atoms with Crippen LogP contribution in [0.3, 0.4) is 0 Å². The second-order valence-electron chi connectivity index (χ2n) is 6.34. The second-order valence-corrected chi connectivity index (χ2v) is 8.87. The zero-order chi connectivity index (χ0) is 19.1. The van der Waals surface area contributed by atoms with Gasteiger partial charge in [-0.05, 0) is 36.8 Å². The highest BCUT2D eigenvalue weighted by Gasteiger charge is 2.09. The van der Waals surface area contributed by atoms with Crippen molar-refractivity contribution in [1.29, 1.82) is 0 Å². The molecule has 7 heteroatoms. The Balaban J connectivity index is 1.98. The van der Waals surface area contributed by atoms with Crippen molar-refractivity contribution in [1.82, 2.24) is 9.97 Å². The van der Waals surface area contributed by atoms with E-state index in [0.29, 0.717) is 21.7 Å². The van der Waals surface area contributed by atoms with Crippen LogP contribution in [0.1, 0.15) is 49.3 Å². The summed E-state index contributed by atoms with van der Waals surface area (Å²) in [5.74, 6) is 1.06. The minimum Gasteiger partial charge on any atom is -0.459 e. The van der Waals surface area contributed by atoms with Crippen molar-refractivity contribution in [2.24, 2.45) is 0 Å². The lowest BCUT2D eigenvalue weighted by Crippen LogP contribution is -2.11. The Kier molecular flexibility index (Phi) is 7.78. The van der Waals surface area contributed by atoms with E-state index in [1.165, 1.54) is 11.8 Å². The number of nitrogens with one attached hydrogen (secondary N) is 1. The minimum atomic E-state index is -0.319. The number of aromatic nitrogens is 2. The van der Waals surface area contributed by atoms with Crippen LogP contribution in [-0.4, -0.2) is 27.3 Å². The molecule has 0 aliphatic carbocycles. The van der Waals surface area contributed by atoms with Gasteiger partial charge in [0.1, 0.15) is 0 Å². The van der Waals surface area contributed by atoms with Crippen LogP contribution in [0, 0.1) is 0 Å². The van der Waals surface area contributed by atoms with Gasteiger partial charge in [-0.15, -0.1) is 0 Å². The highest BCUT2D eigenvalue weighted by molar-refractivity contribution is 7.99. The summed E-state index contributed by atoms with van der Waals surface area (Å²) in [6.07, 6.45) is -0.137. The molecule has 0 unspecified atom stereocenters. The highest BCUT2D eigenvalue weighted by atomic mass is 32.2. The van der Waals surface area contributed by atoms with Gasteiger partial charge in [0.05, 0.1) is 17.4 Å². The molecule has 0 fully saturated rings. The summed E-state index contributed by atoms with van der Waals surface area (Å²) in [6.45, 7) is 7.89. The van der Waals surface area contributed by atoms with Crippen molar-refractivity contribution in [3.8, 4) is 0 Å². The fraction of sp³-hybridized carbons (Fsp3) is 0.421.